The smallest absolute Gasteiger partial charge is 0.0530 e. The summed E-state index contributed by atoms with van der Waals surface area (Å²) in [6, 6.07) is 5.99. The highest BCUT2D eigenvalue weighted by molar-refractivity contribution is 6.79. The minimum absolute atomic E-state index is 0.509. The van der Waals surface area contributed by atoms with Gasteiger partial charge in [-0.15, -0.1) is 0 Å². The Bertz CT molecular complexity index is 154. The molecule has 1 unspecified atom stereocenters. The lowest BCUT2D eigenvalue weighted by atomic mass is 9.86. The molecule has 0 radical (unpaired) electrons. The molecule has 0 nitrogen and oxygen atoms in total. The Morgan fingerprint density at radius 2 is 1.33 bits per heavy atom. The van der Waals surface area contributed by atoms with Crippen molar-refractivity contribution in [1.29, 1.82) is 0 Å². The summed E-state index contributed by atoms with van der Waals surface area (Å²) in [7, 11) is -0.880. The van der Waals surface area contributed by atoms with Gasteiger partial charge in [0.2, 0.25) is 0 Å². The summed E-state index contributed by atoms with van der Waals surface area (Å²) in [5.41, 5.74) is 0.509. The summed E-state index contributed by atoms with van der Waals surface area (Å²) in [6.45, 7) is 16.8. The van der Waals surface area contributed by atoms with Crippen molar-refractivity contribution in [2.75, 3.05) is 0 Å². The molecule has 0 bridgehead atoms. The maximum Gasteiger partial charge on any atom is 0.0530 e. The van der Waals surface area contributed by atoms with Gasteiger partial charge in [-0.05, 0) is 17.8 Å². The lowest BCUT2D eigenvalue weighted by Crippen LogP contribution is -2.34. The average molecular weight is 228 g/mol. The molecule has 0 rings (SSSR count). The van der Waals surface area contributed by atoms with E-state index >= 15 is 0 Å². The quantitative estimate of drug-likeness (QED) is 0.522. The molecule has 0 aromatic rings. The number of hydrogen-bond acceptors (Lipinski definition) is 0. The second-order valence-corrected chi connectivity index (χ2v) is 12.2. The fourth-order valence-electron chi connectivity index (χ4n) is 3.04. The summed E-state index contributed by atoms with van der Waals surface area (Å²) >= 11 is 0. The van der Waals surface area contributed by atoms with E-state index in [-0.39, 0.29) is 0 Å². The van der Waals surface area contributed by atoms with Gasteiger partial charge in [0, 0.05) is 0 Å². The highest BCUT2D eigenvalue weighted by Gasteiger charge is 2.29. The van der Waals surface area contributed by atoms with Crippen molar-refractivity contribution < 1.29 is 0 Å². The van der Waals surface area contributed by atoms with E-state index in [1.165, 1.54) is 24.6 Å². The zero-order chi connectivity index (χ0) is 12.1. The molecule has 92 valence electrons. The van der Waals surface area contributed by atoms with E-state index in [1.807, 2.05) is 0 Å². The van der Waals surface area contributed by atoms with Crippen molar-refractivity contribution in [3.05, 3.63) is 0 Å². The van der Waals surface area contributed by atoms with Crippen molar-refractivity contribution in [2.24, 2.45) is 11.3 Å². The molecule has 1 heteroatoms. The molecule has 0 heterocycles. The van der Waals surface area contributed by atoms with Gasteiger partial charge in [-0.1, -0.05) is 72.6 Å². The molecule has 15 heavy (non-hydrogen) atoms. The van der Waals surface area contributed by atoms with Crippen molar-refractivity contribution in [2.45, 2.75) is 79.1 Å². The van der Waals surface area contributed by atoms with E-state index in [0.717, 1.165) is 5.92 Å². The first kappa shape index (κ1) is 15.2. The van der Waals surface area contributed by atoms with Crippen LogP contribution in [0.2, 0.25) is 24.2 Å². The lowest BCUT2D eigenvalue weighted by Gasteiger charge is -2.33. The zero-order valence-electron chi connectivity index (χ0n) is 12.1. The van der Waals surface area contributed by atoms with Crippen LogP contribution in [0.5, 0.6) is 0 Å². The van der Waals surface area contributed by atoms with E-state index in [1.54, 1.807) is 6.04 Å². The molecule has 0 aromatic carbocycles. The molecule has 0 saturated heterocycles. The predicted molar refractivity (Wildman–Crippen MR) is 75.2 cm³/mol. The van der Waals surface area contributed by atoms with Gasteiger partial charge in [0.1, 0.15) is 0 Å². The molecular weight excluding hydrogens is 196 g/mol. The summed E-state index contributed by atoms with van der Waals surface area (Å²) in [5.74, 6) is 0.927. The maximum atomic E-state index is 2.47. The number of rotatable bonds is 6. The molecule has 0 fully saturated rings. The molecule has 0 spiro atoms. The summed E-state index contributed by atoms with van der Waals surface area (Å²) in [5, 5.41) is 0. The second-order valence-electron chi connectivity index (χ2n) is 6.63. The molecule has 0 N–H and O–H groups in total. The van der Waals surface area contributed by atoms with Crippen LogP contribution in [0.25, 0.3) is 0 Å². The first-order chi connectivity index (χ1) is 6.78. The van der Waals surface area contributed by atoms with Crippen molar-refractivity contribution in [3.8, 4) is 0 Å². The molecule has 0 saturated carbocycles. The Morgan fingerprint density at radius 3 is 1.60 bits per heavy atom. The molecule has 1 atom stereocenters. The largest absolute Gasteiger partial charge is 0.0678 e. The summed E-state index contributed by atoms with van der Waals surface area (Å²) in [6.07, 6.45) is 1.39. The standard InChI is InChI=1S/C14H32Si/c1-8-15(9-2,10-3)12-13(4)11-14(5,6)7/h13H,8-12H2,1-7H3. The van der Waals surface area contributed by atoms with Crippen LogP contribution in [0.15, 0.2) is 0 Å². The number of hydrogen-bond donors (Lipinski definition) is 0. The molecule has 0 amide bonds. The van der Waals surface area contributed by atoms with Gasteiger partial charge < -0.3 is 0 Å². The normalized spacial score (nSPS) is 15.4. The first-order valence-corrected chi connectivity index (χ1v) is 9.61. The Kier molecular flexibility index (Phi) is 6.16. The summed E-state index contributed by atoms with van der Waals surface area (Å²) in [4.78, 5) is 0. The van der Waals surface area contributed by atoms with Crippen LogP contribution in [-0.4, -0.2) is 8.07 Å². The van der Waals surface area contributed by atoms with Crippen LogP contribution < -0.4 is 0 Å². The Labute approximate surface area is 98.9 Å². The molecular formula is C14H32Si. The predicted octanol–water partition coefficient (Wildman–Crippen LogP) is 5.57. The fraction of sp³-hybridized carbons (Fsp3) is 1.00. The van der Waals surface area contributed by atoms with Gasteiger partial charge in [-0.25, -0.2) is 0 Å². The average Bonchev–Trinajstić information content (AvgIpc) is 2.11. The molecule has 0 aliphatic heterocycles. The van der Waals surface area contributed by atoms with Crippen LogP contribution in [-0.2, 0) is 0 Å². The highest BCUT2D eigenvalue weighted by atomic mass is 28.3. The minimum Gasteiger partial charge on any atom is -0.0678 e. The van der Waals surface area contributed by atoms with Crippen LogP contribution in [0.4, 0.5) is 0 Å². The Morgan fingerprint density at radius 1 is 0.933 bits per heavy atom. The van der Waals surface area contributed by atoms with E-state index in [4.69, 9.17) is 0 Å². The van der Waals surface area contributed by atoms with Crippen LogP contribution in [0, 0.1) is 11.3 Å². The monoisotopic (exact) mass is 228 g/mol. The van der Waals surface area contributed by atoms with Gasteiger partial charge in [-0.3, -0.25) is 0 Å². The highest BCUT2D eigenvalue weighted by Crippen LogP contribution is 2.34. The van der Waals surface area contributed by atoms with Crippen molar-refractivity contribution in [3.63, 3.8) is 0 Å². The van der Waals surface area contributed by atoms with Crippen LogP contribution in [0.3, 0.4) is 0 Å². The van der Waals surface area contributed by atoms with Gasteiger partial charge >= 0.3 is 0 Å². The third kappa shape index (κ3) is 5.75. The van der Waals surface area contributed by atoms with Crippen molar-refractivity contribution >= 4 is 8.07 Å². The van der Waals surface area contributed by atoms with Crippen LogP contribution in [0.1, 0.15) is 54.9 Å². The van der Waals surface area contributed by atoms with Gasteiger partial charge in [0.05, 0.1) is 8.07 Å². The third-order valence-electron chi connectivity index (χ3n) is 3.99. The van der Waals surface area contributed by atoms with E-state index in [0.29, 0.717) is 5.41 Å². The molecule has 0 aliphatic carbocycles. The van der Waals surface area contributed by atoms with Crippen molar-refractivity contribution in [1.82, 2.24) is 0 Å². The third-order valence-corrected chi connectivity index (χ3v) is 10.1. The Balaban J connectivity index is 4.29. The van der Waals surface area contributed by atoms with Gasteiger partial charge in [0.25, 0.3) is 0 Å². The molecule has 0 aromatic heterocycles. The van der Waals surface area contributed by atoms with Gasteiger partial charge in [0.15, 0.2) is 0 Å². The second kappa shape index (κ2) is 6.08. The topological polar surface area (TPSA) is 0 Å². The molecule has 0 aliphatic rings. The van der Waals surface area contributed by atoms with Gasteiger partial charge in [-0.2, -0.15) is 0 Å². The summed E-state index contributed by atoms with van der Waals surface area (Å²) < 4.78 is 0. The SMILES string of the molecule is CC[Si](CC)(CC)CC(C)CC(C)(C)C. The maximum absolute atomic E-state index is 2.47. The van der Waals surface area contributed by atoms with E-state index < -0.39 is 8.07 Å². The van der Waals surface area contributed by atoms with Crippen LogP contribution >= 0.6 is 0 Å². The lowest BCUT2D eigenvalue weighted by molar-refractivity contribution is 0.318. The van der Waals surface area contributed by atoms with E-state index in [2.05, 4.69) is 48.5 Å². The minimum atomic E-state index is -0.880. The van der Waals surface area contributed by atoms with E-state index in [9.17, 15) is 0 Å². The zero-order valence-corrected chi connectivity index (χ0v) is 13.1. The fourth-order valence-corrected chi connectivity index (χ4v) is 7.03. The Hall–Kier alpha value is 0.217. The first-order valence-electron chi connectivity index (χ1n) is 6.78.